The molecule has 0 heterocycles. The molecular weight excluding hydrogens is 272 g/mol. The third-order valence-corrected chi connectivity index (χ3v) is 9.08. The van der Waals surface area contributed by atoms with Crippen molar-refractivity contribution in [3.63, 3.8) is 0 Å². The lowest BCUT2D eigenvalue weighted by Crippen LogP contribution is -2.53. The average molecular weight is 300 g/mol. The highest BCUT2D eigenvalue weighted by Gasteiger charge is 2.77. The van der Waals surface area contributed by atoms with E-state index in [-0.39, 0.29) is 16.9 Å². The summed E-state index contributed by atoms with van der Waals surface area (Å²) >= 11 is 0. The van der Waals surface area contributed by atoms with E-state index in [0.717, 1.165) is 43.4 Å². The Labute approximate surface area is 133 Å². The summed E-state index contributed by atoms with van der Waals surface area (Å²) in [7, 11) is 0. The van der Waals surface area contributed by atoms with Gasteiger partial charge in [-0.25, -0.2) is 0 Å². The lowest BCUT2D eigenvalue weighted by molar-refractivity contribution is -0.120. The lowest BCUT2D eigenvalue weighted by Gasteiger charge is -2.59. The fourth-order valence-electron chi connectivity index (χ4n) is 7.76. The zero-order chi connectivity index (χ0) is 15.3. The SMILES string of the molecule is C[C@]12CCC(=O)C=C1CC[C@@H]1[C@@H]2CC[C@]2(C)[C@H](O)CC3CC312. The van der Waals surface area contributed by atoms with Crippen LogP contribution in [0, 0.1) is 34.0 Å². The molecule has 1 N–H and O–H groups in total. The Kier molecular flexibility index (Phi) is 2.43. The van der Waals surface area contributed by atoms with Gasteiger partial charge in [0.2, 0.25) is 0 Å². The largest absolute Gasteiger partial charge is 0.393 e. The van der Waals surface area contributed by atoms with Crippen LogP contribution in [0.1, 0.15) is 65.2 Å². The minimum absolute atomic E-state index is 0.0649. The maximum atomic E-state index is 11.9. The zero-order valence-corrected chi connectivity index (χ0v) is 13.9. The molecule has 0 aromatic rings. The molecule has 0 amide bonds. The van der Waals surface area contributed by atoms with E-state index in [9.17, 15) is 9.90 Å². The van der Waals surface area contributed by atoms with Gasteiger partial charge in [0.15, 0.2) is 5.78 Å². The van der Waals surface area contributed by atoms with Crippen LogP contribution in [0.3, 0.4) is 0 Å². The Morgan fingerprint density at radius 1 is 1.14 bits per heavy atom. The molecule has 120 valence electrons. The predicted octanol–water partition coefficient (Wildman–Crippen LogP) is 3.88. The number of hydrogen-bond donors (Lipinski definition) is 1. The molecule has 2 heteroatoms. The Morgan fingerprint density at radius 2 is 1.95 bits per heavy atom. The molecule has 0 aromatic heterocycles. The van der Waals surface area contributed by atoms with Gasteiger partial charge in [-0.2, -0.15) is 0 Å². The van der Waals surface area contributed by atoms with Gasteiger partial charge in [-0.3, -0.25) is 4.79 Å². The molecule has 1 spiro atoms. The molecule has 2 nitrogen and oxygen atoms in total. The van der Waals surface area contributed by atoms with Crippen LogP contribution in [-0.4, -0.2) is 17.0 Å². The summed E-state index contributed by atoms with van der Waals surface area (Å²) in [6, 6.07) is 0. The van der Waals surface area contributed by atoms with Crippen molar-refractivity contribution in [3.05, 3.63) is 11.6 Å². The highest BCUT2D eigenvalue weighted by atomic mass is 16.3. The second-order valence-electron chi connectivity index (χ2n) is 9.45. The van der Waals surface area contributed by atoms with E-state index < -0.39 is 0 Å². The maximum absolute atomic E-state index is 11.9. The topological polar surface area (TPSA) is 37.3 Å². The Morgan fingerprint density at radius 3 is 2.77 bits per heavy atom. The maximum Gasteiger partial charge on any atom is 0.155 e. The Bertz CT molecular complexity index is 593. The molecule has 22 heavy (non-hydrogen) atoms. The van der Waals surface area contributed by atoms with Crippen LogP contribution >= 0.6 is 0 Å². The fraction of sp³-hybridized carbons (Fsp3) is 0.850. The molecule has 5 aliphatic carbocycles. The molecule has 4 fully saturated rings. The van der Waals surface area contributed by atoms with E-state index in [1.54, 1.807) is 0 Å². The zero-order valence-electron chi connectivity index (χ0n) is 13.9. The van der Waals surface area contributed by atoms with Crippen LogP contribution in [-0.2, 0) is 4.79 Å². The van der Waals surface area contributed by atoms with Crippen LogP contribution in [0.25, 0.3) is 0 Å². The van der Waals surface area contributed by atoms with Gasteiger partial charge < -0.3 is 5.11 Å². The smallest absolute Gasteiger partial charge is 0.155 e. The summed E-state index contributed by atoms with van der Waals surface area (Å²) in [6.45, 7) is 4.84. The lowest BCUT2D eigenvalue weighted by atomic mass is 9.45. The van der Waals surface area contributed by atoms with E-state index in [0.29, 0.717) is 11.2 Å². The monoisotopic (exact) mass is 300 g/mol. The summed E-state index contributed by atoms with van der Waals surface area (Å²) < 4.78 is 0. The molecule has 5 aliphatic rings. The van der Waals surface area contributed by atoms with Gasteiger partial charge in [-0.1, -0.05) is 19.4 Å². The van der Waals surface area contributed by atoms with Crippen molar-refractivity contribution in [1.82, 2.24) is 0 Å². The fourth-order valence-corrected chi connectivity index (χ4v) is 7.76. The molecule has 0 bridgehead atoms. The second kappa shape index (κ2) is 3.88. The molecular formula is C20H28O2. The molecule has 4 saturated carbocycles. The van der Waals surface area contributed by atoms with Crippen LogP contribution in [0.2, 0.25) is 0 Å². The molecule has 0 saturated heterocycles. The van der Waals surface area contributed by atoms with Crippen molar-refractivity contribution in [2.75, 3.05) is 0 Å². The van der Waals surface area contributed by atoms with Crippen molar-refractivity contribution in [2.24, 2.45) is 34.0 Å². The first-order chi connectivity index (χ1) is 10.4. The minimum Gasteiger partial charge on any atom is -0.393 e. The first kappa shape index (κ1) is 13.8. The molecule has 0 aromatic carbocycles. The van der Waals surface area contributed by atoms with Gasteiger partial charge in [0.25, 0.3) is 0 Å². The highest BCUT2D eigenvalue weighted by Crippen LogP contribution is 2.82. The molecule has 0 radical (unpaired) electrons. The van der Waals surface area contributed by atoms with Crippen molar-refractivity contribution in [2.45, 2.75) is 71.3 Å². The number of carbonyl (C=O) groups excluding carboxylic acids is 1. The van der Waals surface area contributed by atoms with Gasteiger partial charge in [0.1, 0.15) is 0 Å². The van der Waals surface area contributed by atoms with Crippen molar-refractivity contribution >= 4 is 5.78 Å². The van der Waals surface area contributed by atoms with Gasteiger partial charge in [-0.05, 0) is 85.0 Å². The third kappa shape index (κ3) is 1.32. The number of fused-ring (bicyclic) bond motifs is 3. The number of hydrogen-bond acceptors (Lipinski definition) is 2. The van der Waals surface area contributed by atoms with Crippen molar-refractivity contribution in [3.8, 4) is 0 Å². The summed E-state index contributed by atoms with van der Waals surface area (Å²) in [5.74, 6) is 2.69. The van der Waals surface area contributed by atoms with Crippen LogP contribution in [0.5, 0.6) is 0 Å². The van der Waals surface area contributed by atoms with E-state index >= 15 is 0 Å². The predicted molar refractivity (Wildman–Crippen MR) is 85.1 cm³/mol. The van der Waals surface area contributed by atoms with Gasteiger partial charge >= 0.3 is 0 Å². The average Bonchev–Trinajstić information content (AvgIpc) is 3.13. The molecule has 2 unspecified atom stereocenters. The van der Waals surface area contributed by atoms with Gasteiger partial charge in [-0.15, -0.1) is 0 Å². The number of allylic oxidation sites excluding steroid dienone is 1. The van der Waals surface area contributed by atoms with Crippen molar-refractivity contribution in [1.29, 1.82) is 0 Å². The third-order valence-electron chi connectivity index (χ3n) is 9.08. The summed E-state index contributed by atoms with van der Waals surface area (Å²) in [6.07, 6.45) is 11.0. The standard InChI is InChI=1S/C20H28O2/c1-18-7-5-14(21)9-12(18)3-4-16-15(18)6-8-19(2)17(22)10-13-11-20(13,16)19/h9,13,15-17,22H,3-8,10-11H2,1-2H3/t13?,15-,16+,17+,18-,19+,20?/m0/s1. The molecule has 0 aliphatic heterocycles. The highest BCUT2D eigenvalue weighted by molar-refractivity contribution is 5.91. The molecule has 5 rings (SSSR count). The van der Waals surface area contributed by atoms with Gasteiger partial charge in [0, 0.05) is 6.42 Å². The quantitative estimate of drug-likeness (QED) is 0.737. The number of carbonyl (C=O) groups is 1. The van der Waals surface area contributed by atoms with E-state index in [2.05, 4.69) is 13.8 Å². The number of rotatable bonds is 0. The first-order valence-corrected chi connectivity index (χ1v) is 9.34. The number of aliphatic hydroxyl groups is 1. The van der Waals surface area contributed by atoms with Gasteiger partial charge in [0.05, 0.1) is 6.10 Å². The summed E-state index contributed by atoms with van der Waals surface area (Å²) in [5, 5.41) is 10.6. The first-order valence-electron chi connectivity index (χ1n) is 9.34. The van der Waals surface area contributed by atoms with E-state index in [4.69, 9.17) is 0 Å². The Hall–Kier alpha value is -0.630. The number of ketones is 1. The second-order valence-corrected chi connectivity index (χ2v) is 9.45. The molecule has 7 atom stereocenters. The Balaban J connectivity index is 1.57. The number of aliphatic hydroxyl groups excluding tert-OH is 1. The van der Waals surface area contributed by atoms with Crippen LogP contribution in [0.4, 0.5) is 0 Å². The van der Waals surface area contributed by atoms with Crippen molar-refractivity contribution < 1.29 is 9.90 Å². The normalized spacial score (nSPS) is 59.0. The van der Waals surface area contributed by atoms with Crippen LogP contribution in [0.15, 0.2) is 11.6 Å². The van der Waals surface area contributed by atoms with Crippen LogP contribution < -0.4 is 0 Å². The van der Waals surface area contributed by atoms with E-state index in [1.807, 2.05) is 6.08 Å². The minimum atomic E-state index is -0.0649. The summed E-state index contributed by atoms with van der Waals surface area (Å²) in [5.41, 5.74) is 2.36. The summed E-state index contributed by atoms with van der Waals surface area (Å²) in [4.78, 5) is 11.9. The van der Waals surface area contributed by atoms with E-state index in [1.165, 1.54) is 31.3 Å².